The Balaban J connectivity index is 2.62. The summed E-state index contributed by atoms with van der Waals surface area (Å²) in [5.41, 5.74) is 1.04. The van der Waals surface area contributed by atoms with Crippen LogP contribution >= 0.6 is 0 Å². The zero-order valence-electron chi connectivity index (χ0n) is 12.7. The zero-order valence-corrected chi connectivity index (χ0v) is 12.7. The van der Waals surface area contributed by atoms with Gasteiger partial charge < -0.3 is 20.3 Å². The van der Waals surface area contributed by atoms with E-state index < -0.39 is 0 Å². The van der Waals surface area contributed by atoms with Gasteiger partial charge in [0.05, 0.1) is 6.61 Å². The fourth-order valence-electron chi connectivity index (χ4n) is 2.02. The van der Waals surface area contributed by atoms with Gasteiger partial charge in [0.2, 0.25) is 0 Å². The largest absolute Gasteiger partial charge is 0.396 e. The molecule has 0 aliphatic heterocycles. The number of aryl methyl sites for hydroxylation is 2. The molecular formula is C14H25N3O3. The van der Waals surface area contributed by atoms with Crippen molar-refractivity contribution in [3.05, 3.63) is 11.5 Å². The molecule has 0 saturated carbocycles. The summed E-state index contributed by atoms with van der Waals surface area (Å²) in [4.78, 5) is 12.0. The molecule has 3 N–H and O–H groups in total. The Hall–Kier alpha value is -1.56. The van der Waals surface area contributed by atoms with Gasteiger partial charge in [0.25, 0.3) is 0 Å². The topological polar surface area (TPSA) is 87.4 Å². The third-order valence-corrected chi connectivity index (χ3v) is 3.95. The summed E-state index contributed by atoms with van der Waals surface area (Å²) in [6.07, 6.45) is 2.29. The fraction of sp³-hybridized carbons (Fsp3) is 0.714. The first-order chi connectivity index (χ1) is 9.51. The van der Waals surface area contributed by atoms with Crippen LogP contribution in [0, 0.1) is 12.3 Å². The van der Waals surface area contributed by atoms with Gasteiger partial charge >= 0.3 is 6.03 Å². The first-order valence-electron chi connectivity index (χ1n) is 7.12. The second-order valence-electron chi connectivity index (χ2n) is 5.09. The molecule has 0 aromatic carbocycles. The summed E-state index contributed by atoms with van der Waals surface area (Å²) in [7, 11) is 0. The smallest absolute Gasteiger partial charge is 0.319 e. The molecule has 0 atom stereocenters. The fourth-order valence-corrected chi connectivity index (χ4v) is 2.02. The van der Waals surface area contributed by atoms with Gasteiger partial charge in [-0.05, 0) is 19.8 Å². The highest BCUT2D eigenvalue weighted by molar-refractivity contribution is 5.90. The lowest BCUT2D eigenvalue weighted by atomic mass is 9.83. The van der Waals surface area contributed by atoms with Crippen LogP contribution < -0.4 is 10.6 Å². The normalized spacial score (nSPS) is 11.4. The van der Waals surface area contributed by atoms with Gasteiger partial charge in [-0.25, -0.2) is 4.79 Å². The van der Waals surface area contributed by atoms with Crippen molar-refractivity contribution in [2.75, 3.05) is 18.5 Å². The van der Waals surface area contributed by atoms with Gasteiger partial charge in [0.1, 0.15) is 11.4 Å². The number of nitrogens with zero attached hydrogens (tertiary/aromatic N) is 1. The molecule has 1 aromatic rings. The molecule has 20 heavy (non-hydrogen) atoms. The van der Waals surface area contributed by atoms with Crippen molar-refractivity contribution in [1.29, 1.82) is 0 Å². The molecule has 1 aromatic heterocycles. The number of rotatable bonds is 7. The van der Waals surface area contributed by atoms with Crippen molar-refractivity contribution in [3.63, 3.8) is 0 Å². The number of carbonyl (C=O) groups excluding carboxylic acids is 1. The number of aliphatic hydroxyl groups excluding tert-OH is 1. The van der Waals surface area contributed by atoms with E-state index in [1.165, 1.54) is 0 Å². The lowest BCUT2D eigenvalue weighted by molar-refractivity contribution is 0.116. The molecule has 0 fully saturated rings. The molecule has 0 bridgehead atoms. The molecular weight excluding hydrogens is 258 g/mol. The summed E-state index contributed by atoms with van der Waals surface area (Å²) in [6, 6.07) is -0.300. The molecule has 0 aliphatic rings. The maximum absolute atomic E-state index is 12.0. The van der Waals surface area contributed by atoms with Crippen LogP contribution in [0.15, 0.2) is 4.52 Å². The van der Waals surface area contributed by atoms with Crippen molar-refractivity contribution < 1.29 is 14.4 Å². The van der Waals surface area contributed by atoms with E-state index in [0.29, 0.717) is 30.1 Å². The standard InChI is InChI=1S/C14H25N3O3/c1-5-11-12(10(4)17-20-11)16-13(19)15-8-14(6-2,7-3)9-18/h18H,5-9H2,1-4H3,(H2,15,16,19). The molecule has 0 spiro atoms. The number of nitrogens with one attached hydrogen (secondary N) is 2. The maximum atomic E-state index is 12.0. The minimum absolute atomic E-state index is 0.0623. The summed E-state index contributed by atoms with van der Waals surface area (Å²) in [5, 5.41) is 18.9. The van der Waals surface area contributed by atoms with Gasteiger partial charge in [-0.15, -0.1) is 0 Å². The number of aliphatic hydroxyl groups is 1. The van der Waals surface area contributed by atoms with Crippen LogP contribution in [0.3, 0.4) is 0 Å². The number of hydrogen-bond acceptors (Lipinski definition) is 4. The molecule has 1 heterocycles. The highest BCUT2D eigenvalue weighted by Crippen LogP contribution is 2.24. The van der Waals surface area contributed by atoms with Crippen molar-refractivity contribution >= 4 is 11.7 Å². The van der Waals surface area contributed by atoms with Crippen LogP contribution in [0.1, 0.15) is 45.1 Å². The van der Waals surface area contributed by atoms with Gasteiger partial charge in [-0.3, -0.25) is 0 Å². The average Bonchev–Trinajstić information content (AvgIpc) is 2.82. The van der Waals surface area contributed by atoms with Crippen molar-refractivity contribution in [2.24, 2.45) is 5.41 Å². The SMILES string of the molecule is CCc1onc(C)c1NC(=O)NCC(CC)(CC)CO. The van der Waals surface area contributed by atoms with E-state index in [4.69, 9.17) is 4.52 Å². The Labute approximate surface area is 119 Å². The summed E-state index contributed by atoms with van der Waals surface area (Å²) in [6.45, 7) is 8.25. The van der Waals surface area contributed by atoms with E-state index in [1.807, 2.05) is 20.8 Å². The van der Waals surface area contributed by atoms with Gasteiger partial charge in [0.15, 0.2) is 5.76 Å². The van der Waals surface area contributed by atoms with Gasteiger partial charge in [-0.2, -0.15) is 0 Å². The Kier molecular flexibility index (Phi) is 6.01. The summed E-state index contributed by atoms with van der Waals surface area (Å²) in [5.74, 6) is 0.664. The van der Waals surface area contributed by atoms with E-state index in [0.717, 1.165) is 12.8 Å². The van der Waals surface area contributed by atoms with E-state index in [2.05, 4.69) is 15.8 Å². The number of aromatic nitrogens is 1. The molecule has 0 radical (unpaired) electrons. The molecule has 6 nitrogen and oxygen atoms in total. The van der Waals surface area contributed by atoms with Crippen LogP contribution in [0.5, 0.6) is 0 Å². The van der Waals surface area contributed by atoms with Crippen molar-refractivity contribution in [3.8, 4) is 0 Å². The summed E-state index contributed by atoms with van der Waals surface area (Å²) >= 11 is 0. The number of anilines is 1. The van der Waals surface area contributed by atoms with Crippen molar-refractivity contribution in [1.82, 2.24) is 10.5 Å². The van der Waals surface area contributed by atoms with Crippen LogP contribution in [0.2, 0.25) is 0 Å². The second kappa shape index (κ2) is 7.28. The van der Waals surface area contributed by atoms with Crippen LogP contribution in [0.4, 0.5) is 10.5 Å². The molecule has 114 valence electrons. The van der Waals surface area contributed by atoms with E-state index in [-0.39, 0.29) is 18.1 Å². The molecule has 0 unspecified atom stereocenters. The van der Waals surface area contributed by atoms with E-state index in [1.54, 1.807) is 6.92 Å². The Morgan fingerprint density at radius 2 is 2.00 bits per heavy atom. The first kappa shape index (κ1) is 16.5. The number of amides is 2. The monoisotopic (exact) mass is 283 g/mol. The van der Waals surface area contributed by atoms with E-state index >= 15 is 0 Å². The minimum Gasteiger partial charge on any atom is -0.396 e. The third-order valence-electron chi connectivity index (χ3n) is 3.95. The lowest BCUT2D eigenvalue weighted by Gasteiger charge is -2.29. The summed E-state index contributed by atoms with van der Waals surface area (Å²) < 4.78 is 5.12. The minimum atomic E-state index is -0.300. The highest BCUT2D eigenvalue weighted by Gasteiger charge is 2.26. The lowest BCUT2D eigenvalue weighted by Crippen LogP contribution is -2.41. The molecule has 0 aliphatic carbocycles. The average molecular weight is 283 g/mol. The first-order valence-corrected chi connectivity index (χ1v) is 7.12. The molecule has 1 rings (SSSR count). The predicted octanol–water partition coefficient (Wildman–Crippen LogP) is 2.47. The molecule has 0 saturated heterocycles. The zero-order chi connectivity index (χ0) is 15.2. The van der Waals surface area contributed by atoms with Crippen LogP contribution in [-0.4, -0.2) is 29.4 Å². The second-order valence-corrected chi connectivity index (χ2v) is 5.09. The number of hydrogen-bond donors (Lipinski definition) is 3. The van der Waals surface area contributed by atoms with Crippen molar-refractivity contribution in [2.45, 2.75) is 47.0 Å². The molecule has 6 heteroatoms. The third kappa shape index (κ3) is 3.72. The Bertz CT molecular complexity index is 431. The number of urea groups is 1. The molecule has 2 amide bonds. The quantitative estimate of drug-likeness (QED) is 0.717. The van der Waals surface area contributed by atoms with Gasteiger partial charge in [-0.1, -0.05) is 25.9 Å². The predicted molar refractivity (Wildman–Crippen MR) is 77.7 cm³/mol. The maximum Gasteiger partial charge on any atom is 0.319 e. The Morgan fingerprint density at radius 1 is 1.35 bits per heavy atom. The van der Waals surface area contributed by atoms with Crippen LogP contribution in [0.25, 0.3) is 0 Å². The van der Waals surface area contributed by atoms with E-state index in [9.17, 15) is 9.90 Å². The highest BCUT2D eigenvalue weighted by atomic mass is 16.5. The van der Waals surface area contributed by atoms with Gasteiger partial charge in [0, 0.05) is 18.4 Å². The van der Waals surface area contributed by atoms with Crippen LogP contribution in [-0.2, 0) is 6.42 Å². The number of carbonyl (C=O) groups is 1. The Morgan fingerprint density at radius 3 is 2.50 bits per heavy atom.